The van der Waals surface area contributed by atoms with E-state index in [9.17, 15) is 9.90 Å². The molecule has 0 spiro atoms. The first-order valence-electron chi connectivity index (χ1n) is 10.7. The number of amides is 1. The lowest BCUT2D eigenvalue weighted by molar-refractivity contribution is -0.141. The molecule has 0 radical (unpaired) electrons. The third-order valence-corrected chi connectivity index (χ3v) is 6.19. The predicted octanol–water partition coefficient (Wildman–Crippen LogP) is 2.94. The second-order valence-electron chi connectivity index (χ2n) is 8.01. The number of carbonyl (C=O) groups is 1. The maximum Gasteiger partial charge on any atom is 0.319 e. The van der Waals surface area contributed by atoms with Crippen LogP contribution in [0.15, 0.2) is 22.7 Å². The Bertz CT molecular complexity index is 898. The van der Waals surface area contributed by atoms with Crippen LogP contribution in [0.5, 0.6) is 11.9 Å². The molecule has 3 heterocycles. The number of nitrogens with zero attached hydrogens (tertiary/aromatic N) is 3. The number of carbonyl (C=O) groups excluding carboxylic acids is 1. The molecule has 4 rings (SSSR count). The largest absolute Gasteiger partial charge is 0.478 e. The highest BCUT2D eigenvalue weighted by molar-refractivity contribution is 5.91. The Labute approximate surface area is 176 Å². The van der Waals surface area contributed by atoms with Gasteiger partial charge >= 0.3 is 6.01 Å². The molecule has 2 fully saturated rings. The second kappa shape index (κ2) is 8.26. The Balaban J connectivity index is 1.65. The van der Waals surface area contributed by atoms with Crippen molar-refractivity contribution < 1.29 is 23.8 Å². The average Bonchev–Trinajstić information content (AvgIpc) is 3.14. The van der Waals surface area contributed by atoms with E-state index in [0.717, 1.165) is 19.3 Å². The van der Waals surface area contributed by atoms with E-state index in [1.165, 1.54) is 0 Å². The SMILES string of the molecule is CCOc1ncc(C2(O)[C@@H]3CCC[C@@H]2CN(C(=O)c2ccc(C)o2)C3)c(OCC)n1. The van der Waals surface area contributed by atoms with Gasteiger partial charge in [-0.2, -0.15) is 4.98 Å². The lowest BCUT2D eigenvalue weighted by Gasteiger charge is -2.53. The quantitative estimate of drug-likeness (QED) is 0.774. The number of rotatable bonds is 6. The minimum absolute atomic E-state index is 0.130. The summed E-state index contributed by atoms with van der Waals surface area (Å²) in [5.41, 5.74) is -0.563. The minimum atomic E-state index is -1.15. The van der Waals surface area contributed by atoms with E-state index in [-0.39, 0.29) is 23.8 Å². The van der Waals surface area contributed by atoms with Gasteiger partial charge in [-0.15, -0.1) is 0 Å². The Kier molecular flexibility index (Phi) is 5.69. The maximum atomic E-state index is 13.0. The van der Waals surface area contributed by atoms with Crippen molar-refractivity contribution in [1.82, 2.24) is 14.9 Å². The van der Waals surface area contributed by atoms with Gasteiger partial charge < -0.3 is 23.9 Å². The van der Waals surface area contributed by atoms with Crippen LogP contribution in [0.25, 0.3) is 0 Å². The fourth-order valence-corrected chi connectivity index (χ4v) is 4.83. The van der Waals surface area contributed by atoms with Crippen molar-refractivity contribution in [3.05, 3.63) is 35.4 Å². The van der Waals surface area contributed by atoms with Crippen LogP contribution in [-0.2, 0) is 5.60 Å². The molecule has 0 aromatic carbocycles. The van der Waals surface area contributed by atoms with Crippen molar-refractivity contribution in [2.75, 3.05) is 26.3 Å². The number of aliphatic hydroxyl groups is 1. The number of aryl methyl sites for hydroxylation is 1. The standard InChI is InChI=1S/C22H29N3O5/c1-4-28-19-17(11-23-21(24-19)29-5-2)22(27)15-7-6-8-16(22)13-25(12-15)20(26)18-10-9-14(3)30-18/h9-11,15-16,27H,4-8,12-13H2,1-3H3/t15-,16-/m1/s1. The van der Waals surface area contributed by atoms with E-state index in [1.54, 1.807) is 23.2 Å². The van der Waals surface area contributed by atoms with E-state index in [0.29, 0.717) is 49.3 Å². The van der Waals surface area contributed by atoms with Gasteiger partial charge in [0.25, 0.3) is 5.91 Å². The maximum absolute atomic E-state index is 13.0. The molecule has 2 atom stereocenters. The van der Waals surface area contributed by atoms with Gasteiger partial charge in [0.2, 0.25) is 5.88 Å². The Morgan fingerprint density at radius 2 is 1.93 bits per heavy atom. The van der Waals surface area contributed by atoms with Crippen LogP contribution in [-0.4, -0.2) is 52.2 Å². The zero-order valence-electron chi connectivity index (χ0n) is 17.8. The highest BCUT2D eigenvalue weighted by Crippen LogP contribution is 2.51. The third kappa shape index (κ3) is 3.53. The molecule has 8 nitrogen and oxygen atoms in total. The van der Waals surface area contributed by atoms with Crippen LogP contribution < -0.4 is 9.47 Å². The van der Waals surface area contributed by atoms with Gasteiger partial charge in [-0.1, -0.05) is 6.42 Å². The summed E-state index contributed by atoms with van der Waals surface area (Å²) in [6, 6.07) is 3.74. The van der Waals surface area contributed by atoms with Crippen molar-refractivity contribution in [2.45, 2.75) is 45.6 Å². The molecule has 2 aliphatic rings. The fourth-order valence-electron chi connectivity index (χ4n) is 4.83. The first kappa shape index (κ1) is 20.7. The normalized spacial score (nSPS) is 25.8. The van der Waals surface area contributed by atoms with Crippen LogP contribution in [0.1, 0.15) is 55.0 Å². The van der Waals surface area contributed by atoms with Crippen molar-refractivity contribution in [1.29, 1.82) is 0 Å². The number of hydrogen-bond donors (Lipinski definition) is 1. The van der Waals surface area contributed by atoms with Crippen LogP contribution in [0.3, 0.4) is 0 Å². The zero-order valence-corrected chi connectivity index (χ0v) is 17.8. The average molecular weight is 415 g/mol. The van der Waals surface area contributed by atoms with Gasteiger partial charge in [-0.3, -0.25) is 4.79 Å². The monoisotopic (exact) mass is 415 g/mol. The molecule has 1 N–H and O–H groups in total. The van der Waals surface area contributed by atoms with Gasteiger partial charge in [-0.05, 0) is 45.7 Å². The van der Waals surface area contributed by atoms with E-state index in [4.69, 9.17) is 13.9 Å². The van der Waals surface area contributed by atoms with Gasteiger partial charge in [0.05, 0.1) is 18.8 Å². The lowest BCUT2D eigenvalue weighted by Crippen LogP contribution is -2.59. The lowest BCUT2D eigenvalue weighted by atomic mass is 9.63. The summed E-state index contributed by atoms with van der Waals surface area (Å²) >= 11 is 0. The Hall–Kier alpha value is -2.61. The van der Waals surface area contributed by atoms with Crippen LogP contribution in [0.4, 0.5) is 0 Å². The molecule has 2 aromatic heterocycles. The first-order chi connectivity index (χ1) is 14.5. The second-order valence-corrected chi connectivity index (χ2v) is 8.01. The summed E-state index contributed by atoms with van der Waals surface area (Å²) in [6.45, 7) is 7.33. The van der Waals surface area contributed by atoms with Gasteiger partial charge in [0.15, 0.2) is 5.76 Å². The first-order valence-corrected chi connectivity index (χ1v) is 10.7. The summed E-state index contributed by atoms with van der Waals surface area (Å²) < 4.78 is 16.7. The smallest absolute Gasteiger partial charge is 0.319 e. The van der Waals surface area contributed by atoms with Crippen molar-refractivity contribution in [3.63, 3.8) is 0 Å². The number of aromatic nitrogens is 2. The summed E-state index contributed by atoms with van der Waals surface area (Å²) in [7, 11) is 0. The Morgan fingerprint density at radius 1 is 1.23 bits per heavy atom. The Morgan fingerprint density at radius 3 is 2.53 bits per heavy atom. The molecule has 1 saturated heterocycles. The highest BCUT2D eigenvalue weighted by atomic mass is 16.5. The van der Waals surface area contributed by atoms with Crippen LogP contribution >= 0.6 is 0 Å². The molecule has 30 heavy (non-hydrogen) atoms. The number of piperidine rings is 1. The van der Waals surface area contributed by atoms with Crippen LogP contribution in [0, 0.1) is 18.8 Å². The van der Waals surface area contributed by atoms with Crippen molar-refractivity contribution in [2.24, 2.45) is 11.8 Å². The highest BCUT2D eigenvalue weighted by Gasteiger charge is 2.54. The van der Waals surface area contributed by atoms with E-state index in [2.05, 4.69) is 9.97 Å². The van der Waals surface area contributed by atoms with Gasteiger partial charge in [0.1, 0.15) is 11.4 Å². The minimum Gasteiger partial charge on any atom is -0.478 e. The molecule has 0 unspecified atom stereocenters. The van der Waals surface area contributed by atoms with Gasteiger partial charge in [0, 0.05) is 31.1 Å². The predicted molar refractivity (Wildman–Crippen MR) is 108 cm³/mol. The van der Waals surface area contributed by atoms with Crippen LogP contribution in [0.2, 0.25) is 0 Å². The molecular formula is C22H29N3O5. The molecule has 2 aromatic rings. The fraction of sp³-hybridized carbons (Fsp3) is 0.591. The molecule has 1 saturated carbocycles. The number of furan rings is 1. The molecule has 1 amide bonds. The molecular weight excluding hydrogens is 386 g/mol. The summed E-state index contributed by atoms with van der Waals surface area (Å²) in [5, 5.41) is 12.0. The zero-order chi connectivity index (χ0) is 21.3. The molecule has 162 valence electrons. The van der Waals surface area contributed by atoms with E-state index >= 15 is 0 Å². The topological polar surface area (TPSA) is 97.9 Å². The number of fused-ring (bicyclic) bond motifs is 2. The number of hydrogen-bond acceptors (Lipinski definition) is 7. The van der Waals surface area contributed by atoms with Gasteiger partial charge in [-0.25, -0.2) is 4.98 Å². The molecule has 1 aliphatic heterocycles. The van der Waals surface area contributed by atoms with Crippen molar-refractivity contribution >= 4 is 5.91 Å². The summed E-state index contributed by atoms with van der Waals surface area (Å²) in [5.74, 6) is 1.01. The summed E-state index contributed by atoms with van der Waals surface area (Å²) in [4.78, 5) is 23.5. The number of likely N-dealkylation sites (tertiary alicyclic amines) is 1. The number of ether oxygens (including phenoxy) is 2. The van der Waals surface area contributed by atoms with E-state index in [1.807, 2.05) is 20.8 Å². The summed E-state index contributed by atoms with van der Waals surface area (Å²) in [6.07, 6.45) is 4.27. The molecule has 8 heteroatoms. The van der Waals surface area contributed by atoms with E-state index < -0.39 is 5.60 Å². The molecule has 2 bridgehead atoms. The third-order valence-electron chi connectivity index (χ3n) is 6.19. The molecule has 1 aliphatic carbocycles. The van der Waals surface area contributed by atoms with Crippen molar-refractivity contribution in [3.8, 4) is 11.9 Å².